The number of carbonyl (C=O) groups is 3. The van der Waals surface area contributed by atoms with Crippen molar-refractivity contribution in [1.29, 1.82) is 0 Å². The van der Waals surface area contributed by atoms with Crippen LogP contribution in [0.25, 0.3) is 22.5 Å². The van der Waals surface area contributed by atoms with E-state index in [4.69, 9.17) is 10.5 Å². The highest BCUT2D eigenvalue weighted by molar-refractivity contribution is 5.92. The number of aryl methyl sites for hydroxylation is 1. The molecular formula is C42H52N4O5. The number of ether oxygens (including phenoxy) is 1. The van der Waals surface area contributed by atoms with Gasteiger partial charge in [0.2, 0.25) is 11.8 Å². The van der Waals surface area contributed by atoms with E-state index in [1.54, 1.807) is 12.1 Å². The number of carbonyl (C=O) groups excluding carboxylic acids is 2. The molecule has 0 bridgehead atoms. The van der Waals surface area contributed by atoms with Crippen LogP contribution >= 0.6 is 0 Å². The van der Waals surface area contributed by atoms with Crippen LogP contribution in [0, 0.1) is 0 Å². The van der Waals surface area contributed by atoms with Gasteiger partial charge in [-0.05, 0) is 72.1 Å². The summed E-state index contributed by atoms with van der Waals surface area (Å²) in [6, 6.07) is 22.6. The van der Waals surface area contributed by atoms with E-state index in [2.05, 4.69) is 37.7 Å². The summed E-state index contributed by atoms with van der Waals surface area (Å²) in [5.41, 5.74) is 10.9. The summed E-state index contributed by atoms with van der Waals surface area (Å²) in [4.78, 5) is 45.2. The van der Waals surface area contributed by atoms with Crippen LogP contribution in [-0.4, -0.2) is 57.0 Å². The molecule has 0 saturated carbocycles. The van der Waals surface area contributed by atoms with Crippen molar-refractivity contribution in [2.45, 2.75) is 96.9 Å². The summed E-state index contributed by atoms with van der Waals surface area (Å²) in [5.74, 6) is 0.132. The molecule has 0 spiro atoms. The summed E-state index contributed by atoms with van der Waals surface area (Å²) < 4.78 is 5.86. The number of unbranched alkanes of at least 4 members (excludes halogenated alkanes) is 4. The Morgan fingerprint density at radius 3 is 2.06 bits per heavy atom. The van der Waals surface area contributed by atoms with Crippen LogP contribution in [0.3, 0.4) is 0 Å². The van der Waals surface area contributed by atoms with Crippen LogP contribution in [0.5, 0.6) is 5.75 Å². The monoisotopic (exact) mass is 692 g/mol. The van der Waals surface area contributed by atoms with Crippen LogP contribution in [0.1, 0.15) is 101 Å². The third-order valence-corrected chi connectivity index (χ3v) is 9.09. The van der Waals surface area contributed by atoms with Crippen molar-refractivity contribution < 1.29 is 24.2 Å². The van der Waals surface area contributed by atoms with Gasteiger partial charge in [0.1, 0.15) is 11.8 Å². The lowest BCUT2D eigenvalue weighted by molar-refractivity contribution is -0.148. The van der Waals surface area contributed by atoms with Crippen LogP contribution < -0.4 is 10.5 Å². The Morgan fingerprint density at radius 1 is 0.843 bits per heavy atom. The standard InChI is InChI=1S/C31H37N3O4.C11H15NO/c1-2-3-4-5-6-20-38-27-16-14-24(15-17-27)26-21-32-30(33-22-26)25-12-9-23(10-13-25)11-18-29(35)34-19-7-8-28(34)31(36)37;1-11(2,3)9-6-4-8(5-7-9)10(12)13/h9-10,12-17,21-22,28H,2-8,11,18-20H2,1H3,(H,36,37);4-7H,1-3H3,(H2,12,13). The van der Waals surface area contributed by atoms with Crippen molar-refractivity contribution in [3.8, 4) is 28.3 Å². The maximum atomic E-state index is 12.5. The minimum atomic E-state index is -0.916. The number of aromatic nitrogens is 2. The Balaban J connectivity index is 0.000000378. The minimum absolute atomic E-state index is 0.0973. The third-order valence-electron chi connectivity index (χ3n) is 9.09. The van der Waals surface area contributed by atoms with Gasteiger partial charge in [0.25, 0.3) is 0 Å². The number of benzene rings is 3. The first-order valence-corrected chi connectivity index (χ1v) is 18.0. The normalized spacial score (nSPS) is 14.0. The molecule has 1 aliphatic heterocycles. The van der Waals surface area contributed by atoms with E-state index in [1.165, 1.54) is 36.1 Å². The van der Waals surface area contributed by atoms with E-state index in [1.807, 2.05) is 73.1 Å². The largest absolute Gasteiger partial charge is 0.494 e. The molecule has 1 atom stereocenters. The molecule has 9 nitrogen and oxygen atoms in total. The molecule has 3 N–H and O–H groups in total. The van der Waals surface area contributed by atoms with Crippen LogP contribution in [0.4, 0.5) is 0 Å². The first-order valence-electron chi connectivity index (χ1n) is 18.0. The zero-order chi connectivity index (χ0) is 36.8. The molecule has 3 aromatic carbocycles. The molecule has 1 aromatic heterocycles. The van der Waals surface area contributed by atoms with E-state index < -0.39 is 12.0 Å². The highest BCUT2D eigenvalue weighted by atomic mass is 16.5. The number of carboxylic acid groups (broad SMARTS) is 1. The zero-order valence-corrected chi connectivity index (χ0v) is 30.4. The number of rotatable bonds is 14. The van der Waals surface area contributed by atoms with E-state index >= 15 is 0 Å². The van der Waals surface area contributed by atoms with E-state index in [-0.39, 0.29) is 17.2 Å². The Kier molecular flexibility index (Phi) is 14.3. The maximum absolute atomic E-state index is 12.5. The van der Waals surface area contributed by atoms with E-state index in [0.29, 0.717) is 37.2 Å². The molecule has 51 heavy (non-hydrogen) atoms. The quantitative estimate of drug-likeness (QED) is 0.127. The Labute approximate surface area is 302 Å². The number of nitrogens with two attached hydrogens (primary N) is 1. The van der Waals surface area contributed by atoms with Gasteiger partial charge < -0.3 is 20.5 Å². The van der Waals surface area contributed by atoms with Crippen molar-refractivity contribution in [2.24, 2.45) is 5.73 Å². The second kappa shape index (κ2) is 18.8. The highest BCUT2D eigenvalue weighted by Crippen LogP contribution is 2.25. The smallest absolute Gasteiger partial charge is 0.326 e. The lowest BCUT2D eigenvalue weighted by Crippen LogP contribution is -2.40. The zero-order valence-electron chi connectivity index (χ0n) is 30.4. The maximum Gasteiger partial charge on any atom is 0.326 e. The SMILES string of the molecule is CC(C)(C)c1ccc(C(N)=O)cc1.CCCCCCCOc1ccc(-c2cnc(-c3ccc(CCC(=O)N4CCCC4C(=O)O)cc3)nc2)cc1. The molecule has 9 heteroatoms. The molecule has 4 aromatic rings. The van der Waals surface area contributed by atoms with Crippen LogP contribution in [0.15, 0.2) is 85.2 Å². The molecule has 2 amide bonds. The van der Waals surface area contributed by atoms with Gasteiger partial charge in [-0.1, -0.05) is 102 Å². The lowest BCUT2D eigenvalue weighted by Gasteiger charge is -2.21. The fourth-order valence-electron chi connectivity index (χ4n) is 5.94. The predicted octanol–water partition coefficient (Wildman–Crippen LogP) is 8.25. The first kappa shape index (κ1) is 38.7. The van der Waals surface area contributed by atoms with Gasteiger partial charge in [-0.15, -0.1) is 0 Å². The fourth-order valence-corrected chi connectivity index (χ4v) is 5.94. The number of nitrogens with zero attached hydrogens (tertiary/aromatic N) is 3. The molecule has 0 aliphatic carbocycles. The highest BCUT2D eigenvalue weighted by Gasteiger charge is 2.33. The summed E-state index contributed by atoms with van der Waals surface area (Å²) in [7, 11) is 0. The number of primary amides is 1. The molecule has 1 saturated heterocycles. The van der Waals surface area contributed by atoms with E-state index in [9.17, 15) is 19.5 Å². The van der Waals surface area contributed by atoms with Crippen molar-refractivity contribution in [2.75, 3.05) is 13.2 Å². The van der Waals surface area contributed by atoms with Gasteiger partial charge in [0, 0.05) is 42.0 Å². The number of aliphatic carboxylic acids is 1. The number of carboxylic acids is 1. The molecular weight excluding hydrogens is 640 g/mol. The average Bonchev–Trinajstić information content (AvgIpc) is 3.64. The van der Waals surface area contributed by atoms with Gasteiger partial charge in [-0.25, -0.2) is 14.8 Å². The van der Waals surface area contributed by atoms with Crippen molar-refractivity contribution in [3.63, 3.8) is 0 Å². The number of hydrogen-bond donors (Lipinski definition) is 2. The summed E-state index contributed by atoms with van der Waals surface area (Å²) >= 11 is 0. The molecule has 1 fully saturated rings. The molecule has 0 radical (unpaired) electrons. The van der Waals surface area contributed by atoms with Gasteiger partial charge in [0.05, 0.1) is 6.61 Å². The summed E-state index contributed by atoms with van der Waals surface area (Å²) in [5, 5.41) is 9.30. The van der Waals surface area contributed by atoms with Gasteiger partial charge >= 0.3 is 5.97 Å². The Morgan fingerprint density at radius 2 is 1.47 bits per heavy atom. The molecule has 270 valence electrons. The Bertz CT molecular complexity index is 1700. The van der Waals surface area contributed by atoms with Crippen molar-refractivity contribution in [3.05, 3.63) is 102 Å². The number of likely N-dealkylation sites (tertiary alicyclic amines) is 1. The second-order valence-corrected chi connectivity index (χ2v) is 14.1. The van der Waals surface area contributed by atoms with Gasteiger partial charge in [-0.2, -0.15) is 0 Å². The summed E-state index contributed by atoms with van der Waals surface area (Å²) in [6.07, 6.45) is 11.9. The molecule has 1 aliphatic rings. The second-order valence-electron chi connectivity index (χ2n) is 14.1. The third kappa shape index (κ3) is 11.8. The van der Waals surface area contributed by atoms with E-state index in [0.717, 1.165) is 47.5 Å². The molecule has 2 heterocycles. The van der Waals surface area contributed by atoms with Crippen molar-refractivity contribution in [1.82, 2.24) is 14.9 Å². The van der Waals surface area contributed by atoms with Gasteiger partial charge in [0.15, 0.2) is 5.82 Å². The Hall–Kier alpha value is -5.05. The minimum Gasteiger partial charge on any atom is -0.494 e. The fraction of sp³-hybridized carbons (Fsp3) is 0.405. The first-order chi connectivity index (χ1) is 24.5. The average molecular weight is 693 g/mol. The summed E-state index contributed by atoms with van der Waals surface area (Å²) in [6.45, 7) is 9.89. The topological polar surface area (TPSA) is 136 Å². The number of hydrogen-bond acceptors (Lipinski definition) is 6. The molecule has 1 unspecified atom stereocenters. The van der Waals surface area contributed by atoms with Crippen molar-refractivity contribution >= 4 is 17.8 Å². The van der Waals surface area contributed by atoms with Crippen LogP contribution in [0.2, 0.25) is 0 Å². The molecule has 5 rings (SSSR count). The van der Waals surface area contributed by atoms with Crippen LogP contribution in [-0.2, 0) is 21.4 Å². The predicted molar refractivity (Wildman–Crippen MR) is 202 cm³/mol. The lowest BCUT2D eigenvalue weighted by atomic mass is 9.87. The van der Waals surface area contributed by atoms with Gasteiger partial charge in [-0.3, -0.25) is 9.59 Å². The number of amides is 2.